The fourth-order valence-corrected chi connectivity index (χ4v) is 9.25. The van der Waals surface area contributed by atoms with E-state index in [-0.39, 0.29) is 22.7 Å². The van der Waals surface area contributed by atoms with Crippen LogP contribution in [0.15, 0.2) is 46.1 Å². The predicted molar refractivity (Wildman–Crippen MR) is 172 cm³/mol. The molecule has 43 heavy (non-hydrogen) atoms. The summed E-state index contributed by atoms with van der Waals surface area (Å²) < 4.78 is 6.31. The number of hydrogen-bond donors (Lipinski definition) is 2. The normalized spacial score (nSPS) is 33.6. The number of oxazole rings is 1. The summed E-state index contributed by atoms with van der Waals surface area (Å²) in [5.41, 5.74) is 3.36. The maximum absolute atomic E-state index is 13.7. The average Bonchev–Trinajstić information content (AvgIpc) is 3.47. The zero-order valence-corrected chi connectivity index (χ0v) is 27.5. The molecular weight excluding hydrogens is 534 g/mol. The van der Waals surface area contributed by atoms with E-state index in [0.717, 1.165) is 74.2 Å². The minimum atomic E-state index is -0.644. The van der Waals surface area contributed by atoms with Crippen molar-refractivity contribution < 1.29 is 19.4 Å². The molecule has 4 aliphatic rings. The van der Waals surface area contributed by atoms with Crippen molar-refractivity contribution in [2.45, 2.75) is 142 Å². The van der Waals surface area contributed by atoms with Crippen molar-refractivity contribution in [1.82, 2.24) is 4.98 Å². The third-order valence-corrected chi connectivity index (χ3v) is 12.0. The molecule has 1 aromatic heterocycles. The van der Waals surface area contributed by atoms with Crippen LogP contribution in [0.4, 0.5) is 0 Å². The number of hydrogen-bond acceptors (Lipinski definition) is 5. The number of aliphatic hydroxyl groups excluding tert-OH is 2. The summed E-state index contributed by atoms with van der Waals surface area (Å²) in [6.07, 6.45) is 19.4. The summed E-state index contributed by atoms with van der Waals surface area (Å²) in [7, 11) is 0. The van der Waals surface area contributed by atoms with E-state index in [1.165, 1.54) is 31.3 Å². The largest absolute Gasteiger partial charge is 0.445 e. The van der Waals surface area contributed by atoms with Crippen molar-refractivity contribution in [2.24, 2.45) is 35.0 Å². The van der Waals surface area contributed by atoms with Crippen LogP contribution in [-0.4, -0.2) is 33.2 Å². The van der Waals surface area contributed by atoms with Gasteiger partial charge in [0.15, 0.2) is 0 Å². The van der Waals surface area contributed by atoms with E-state index in [4.69, 9.17) is 9.40 Å². The molecule has 0 saturated heterocycles. The first-order chi connectivity index (χ1) is 20.5. The Hall–Kier alpha value is -1.98. The molecule has 5 nitrogen and oxygen atoms in total. The molecule has 238 valence electrons. The van der Waals surface area contributed by atoms with Crippen LogP contribution in [0.3, 0.4) is 0 Å². The van der Waals surface area contributed by atoms with Gasteiger partial charge in [0.25, 0.3) is 0 Å². The van der Waals surface area contributed by atoms with Crippen molar-refractivity contribution >= 4 is 5.78 Å². The van der Waals surface area contributed by atoms with E-state index in [0.29, 0.717) is 36.4 Å². The molecule has 5 heteroatoms. The summed E-state index contributed by atoms with van der Waals surface area (Å²) in [6, 6.07) is 0. The molecule has 1 heterocycles. The van der Waals surface area contributed by atoms with E-state index in [1.54, 1.807) is 0 Å². The summed E-state index contributed by atoms with van der Waals surface area (Å²) in [5.74, 6) is 3.94. The molecule has 7 atom stereocenters. The van der Waals surface area contributed by atoms with Crippen molar-refractivity contribution in [3.63, 3.8) is 0 Å². The van der Waals surface area contributed by atoms with Crippen LogP contribution >= 0.6 is 0 Å². The first-order valence-electron chi connectivity index (χ1n) is 17.4. The maximum atomic E-state index is 13.7. The van der Waals surface area contributed by atoms with Gasteiger partial charge in [-0.05, 0) is 105 Å². The van der Waals surface area contributed by atoms with E-state index in [1.807, 2.05) is 6.20 Å². The average molecular weight is 592 g/mol. The Balaban J connectivity index is 1.29. The molecule has 0 spiro atoms. The topological polar surface area (TPSA) is 83.6 Å². The number of unbranched alkanes of at least 4 members (excludes halogenated alkanes) is 1. The van der Waals surface area contributed by atoms with Gasteiger partial charge >= 0.3 is 0 Å². The number of aromatic nitrogens is 1. The van der Waals surface area contributed by atoms with Crippen LogP contribution in [-0.2, 0) is 16.6 Å². The van der Waals surface area contributed by atoms with Crippen LogP contribution in [0, 0.1) is 35.0 Å². The van der Waals surface area contributed by atoms with Gasteiger partial charge in [0, 0.05) is 24.7 Å². The summed E-state index contributed by atoms with van der Waals surface area (Å²) in [4.78, 5) is 18.4. The van der Waals surface area contributed by atoms with Crippen LogP contribution in [0.1, 0.15) is 130 Å². The predicted octanol–water partition coefficient (Wildman–Crippen LogP) is 8.45. The number of aliphatic hydroxyl groups is 2. The molecule has 0 aliphatic heterocycles. The van der Waals surface area contributed by atoms with Gasteiger partial charge in [0.2, 0.25) is 5.89 Å². The Morgan fingerprint density at radius 3 is 2.63 bits per heavy atom. The second kappa shape index (κ2) is 13.2. The molecule has 0 amide bonds. The fraction of sp³-hybridized carbons (Fsp3) is 0.737. The minimum Gasteiger partial charge on any atom is -0.445 e. The van der Waals surface area contributed by atoms with Crippen LogP contribution in [0.25, 0.3) is 0 Å². The quantitative estimate of drug-likeness (QED) is 0.255. The number of Topliss-reactive ketones (excluding diaryl/α,β-unsaturated/α-hetero) is 1. The van der Waals surface area contributed by atoms with E-state index in [9.17, 15) is 15.0 Å². The highest BCUT2D eigenvalue weighted by Gasteiger charge is 2.57. The fourth-order valence-electron chi connectivity index (χ4n) is 9.25. The number of allylic oxidation sites excluding steroid dienone is 3. The number of fused-ring (bicyclic) bond motifs is 1. The molecular formula is C38H57NO4. The number of carbonyl (C=O) groups is 1. The third-order valence-electron chi connectivity index (χ3n) is 12.0. The second-order valence-electron chi connectivity index (χ2n) is 15.2. The summed E-state index contributed by atoms with van der Waals surface area (Å²) in [5, 5.41) is 20.5. The SMILES string of the molecule is C=C1/C(=C\C=C2/CCC[C@]3(C)[C@@H]([C@H](C)CC[C@@H](C(=O)C(C)C)C4(c5ncc(CCCC)o5)CC4)CC[C@@H]23)C[C@@H](O)C[C@@H]1O. The first-order valence-corrected chi connectivity index (χ1v) is 17.4. The smallest absolute Gasteiger partial charge is 0.201 e. The Morgan fingerprint density at radius 1 is 1.16 bits per heavy atom. The van der Waals surface area contributed by atoms with Crippen LogP contribution < -0.4 is 0 Å². The number of carbonyl (C=O) groups excluding carboxylic acids is 1. The van der Waals surface area contributed by atoms with E-state index >= 15 is 0 Å². The van der Waals surface area contributed by atoms with Gasteiger partial charge in [-0.2, -0.15) is 0 Å². The van der Waals surface area contributed by atoms with E-state index < -0.39 is 12.2 Å². The van der Waals surface area contributed by atoms with Gasteiger partial charge in [-0.3, -0.25) is 4.79 Å². The number of nitrogens with zero attached hydrogens (tertiary/aromatic N) is 1. The lowest BCUT2D eigenvalue weighted by molar-refractivity contribution is -0.127. The van der Waals surface area contributed by atoms with Gasteiger partial charge < -0.3 is 14.6 Å². The summed E-state index contributed by atoms with van der Waals surface area (Å²) >= 11 is 0. The third kappa shape index (κ3) is 6.54. The van der Waals surface area contributed by atoms with Gasteiger partial charge in [-0.25, -0.2) is 4.98 Å². The first kappa shape index (κ1) is 32.4. The van der Waals surface area contributed by atoms with Crippen LogP contribution in [0.5, 0.6) is 0 Å². The Bertz CT molecular complexity index is 1220. The number of rotatable bonds is 12. The van der Waals surface area contributed by atoms with Crippen molar-refractivity contribution in [3.8, 4) is 0 Å². The van der Waals surface area contributed by atoms with Crippen molar-refractivity contribution in [2.75, 3.05) is 0 Å². The minimum absolute atomic E-state index is 0.0136. The lowest BCUT2D eigenvalue weighted by Gasteiger charge is -2.44. The summed E-state index contributed by atoms with van der Waals surface area (Å²) in [6.45, 7) is 15.4. The van der Waals surface area contributed by atoms with Gasteiger partial charge in [-0.15, -0.1) is 0 Å². The van der Waals surface area contributed by atoms with Gasteiger partial charge in [-0.1, -0.05) is 65.3 Å². The molecule has 0 unspecified atom stereocenters. The molecule has 5 rings (SSSR count). The van der Waals surface area contributed by atoms with Crippen molar-refractivity contribution in [3.05, 3.63) is 53.3 Å². The molecule has 0 radical (unpaired) electrons. The Kier molecular flexibility index (Phi) is 9.93. The zero-order valence-electron chi connectivity index (χ0n) is 27.5. The molecule has 4 aliphatic carbocycles. The maximum Gasteiger partial charge on any atom is 0.201 e. The van der Waals surface area contributed by atoms with E-state index in [2.05, 4.69) is 53.3 Å². The van der Waals surface area contributed by atoms with Gasteiger partial charge in [0.1, 0.15) is 11.5 Å². The number of ketones is 1. The second-order valence-corrected chi connectivity index (χ2v) is 15.2. The molecule has 4 saturated carbocycles. The Morgan fingerprint density at radius 2 is 1.93 bits per heavy atom. The lowest BCUT2D eigenvalue weighted by atomic mass is 9.60. The molecule has 4 fully saturated rings. The highest BCUT2D eigenvalue weighted by atomic mass is 16.4. The van der Waals surface area contributed by atoms with Gasteiger partial charge in [0.05, 0.1) is 23.8 Å². The molecule has 2 N–H and O–H groups in total. The highest BCUT2D eigenvalue weighted by Crippen LogP contribution is 2.61. The molecule has 1 aromatic rings. The molecule has 0 aromatic carbocycles. The standard InChI is InChI=1S/C38H57NO4/c1-7-8-11-30-23-39-36(43-30)38(19-20-38)33(35(42)24(2)3)15-12-25(4)31-16-17-32-27(10-9-18-37(31,32)6)13-14-28-21-29(40)22-34(41)26(28)5/h13-14,23-25,29,31-34,40-41H,5,7-12,15-22H2,1-4,6H3/b27-13+,28-14-/t25-,29-,31-,32+,33+,34+,37-/m1/s1. The lowest BCUT2D eigenvalue weighted by Crippen LogP contribution is -2.37. The monoisotopic (exact) mass is 591 g/mol. The number of aryl methyl sites for hydroxylation is 1. The Labute approximate surface area is 260 Å². The van der Waals surface area contributed by atoms with Crippen LogP contribution in [0.2, 0.25) is 0 Å². The zero-order chi connectivity index (χ0) is 30.9. The molecule has 0 bridgehead atoms. The van der Waals surface area contributed by atoms with Crippen molar-refractivity contribution in [1.29, 1.82) is 0 Å². The highest BCUT2D eigenvalue weighted by molar-refractivity contribution is 5.84.